The average Bonchev–Trinajstić information content (AvgIpc) is 3.88. The van der Waals surface area contributed by atoms with E-state index in [2.05, 4.69) is 47.4 Å². The Morgan fingerprint density at radius 3 is 2.47 bits per heavy atom. The number of ether oxygens (including phenoxy) is 1. The van der Waals surface area contributed by atoms with Gasteiger partial charge in [-0.05, 0) is 135 Å². The highest BCUT2D eigenvalue weighted by molar-refractivity contribution is 7.18. The standard InChI is InChI=1S/C40H44N4O2S/c1-40(2,3)46-39(45)44-18-6-9-33(44)31-21-27-19-24(12-15-30(27)42-31)28-13-14-29(37-26-11-10-25(20-26)36(28)37)34-16-17-35(47-34)32-22-41-38(43-32)23-7-4-5-8-23/h12-17,19,22-23,25-26,33H,4-11,18,20-21H2,1-3H3,(H,41,43)/t25?,26?,33-/m0/s1. The first-order valence-corrected chi connectivity index (χ1v) is 18.6. The number of hydrogen-bond acceptors (Lipinski definition) is 5. The molecule has 3 fully saturated rings. The number of thiophene rings is 1. The third kappa shape index (κ3) is 5.16. The Morgan fingerprint density at radius 2 is 1.66 bits per heavy atom. The predicted molar refractivity (Wildman–Crippen MR) is 190 cm³/mol. The predicted octanol–water partition coefficient (Wildman–Crippen LogP) is 10.5. The summed E-state index contributed by atoms with van der Waals surface area (Å²) in [5, 5.41) is 0. The van der Waals surface area contributed by atoms with Crippen molar-refractivity contribution in [2.24, 2.45) is 4.99 Å². The van der Waals surface area contributed by atoms with Crippen LogP contribution in [0.15, 0.2) is 53.7 Å². The van der Waals surface area contributed by atoms with E-state index < -0.39 is 5.60 Å². The van der Waals surface area contributed by atoms with Gasteiger partial charge in [-0.1, -0.05) is 31.0 Å². The summed E-state index contributed by atoms with van der Waals surface area (Å²) >= 11 is 1.90. The van der Waals surface area contributed by atoms with Gasteiger partial charge in [0.1, 0.15) is 11.4 Å². The molecule has 1 amide bonds. The van der Waals surface area contributed by atoms with E-state index in [0.717, 1.165) is 42.9 Å². The van der Waals surface area contributed by atoms with E-state index in [1.54, 1.807) is 11.1 Å². The fourth-order valence-electron chi connectivity index (χ4n) is 9.22. The second-order valence-corrected chi connectivity index (χ2v) is 16.6. The van der Waals surface area contributed by atoms with Crippen LogP contribution < -0.4 is 0 Å². The number of carbonyl (C=O) groups is 1. The zero-order valence-electron chi connectivity index (χ0n) is 27.8. The van der Waals surface area contributed by atoms with Crippen molar-refractivity contribution in [2.45, 2.75) is 114 Å². The molecule has 2 aliphatic heterocycles. The Kier molecular flexibility index (Phi) is 7.00. The van der Waals surface area contributed by atoms with Crippen LogP contribution in [0.1, 0.15) is 119 Å². The summed E-state index contributed by atoms with van der Waals surface area (Å²) in [7, 11) is 0. The second kappa shape index (κ2) is 11.2. The maximum Gasteiger partial charge on any atom is 0.410 e. The van der Waals surface area contributed by atoms with Crippen molar-refractivity contribution in [1.82, 2.24) is 14.9 Å². The lowest BCUT2D eigenvalue weighted by atomic mass is 9.82. The average molecular weight is 645 g/mol. The molecule has 3 atom stereocenters. The zero-order chi connectivity index (χ0) is 31.9. The third-order valence-corrected chi connectivity index (χ3v) is 12.5. The molecule has 2 aromatic carbocycles. The summed E-state index contributed by atoms with van der Waals surface area (Å²) < 4.78 is 5.75. The first-order chi connectivity index (χ1) is 22.8. The smallest absolute Gasteiger partial charge is 0.410 e. The number of H-pyrrole nitrogens is 1. The van der Waals surface area contributed by atoms with Gasteiger partial charge in [0.15, 0.2) is 0 Å². The highest BCUT2D eigenvalue weighted by atomic mass is 32.1. The molecule has 0 radical (unpaired) electrons. The van der Waals surface area contributed by atoms with Crippen LogP contribution in [-0.4, -0.2) is 44.9 Å². The van der Waals surface area contributed by atoms with Crippen LogP contribution in [0, 0.1) is 0 Å². The summed E-state index contributed by atoms with van der Waals surface area (Å²) in [5.74, 6) is 3.07. The quantitative estimate of drug-likeness (QED) is 0.235. The number of aromatic nitrogens is 2. The number of aliphatic imine (C=N–C) groups is 1. The van der Waals surface area contributed by atoms with E-state index in [0.29, 0.717) is 17.8 Å². The SMILES string of the molecule is CC(C)(C)OC(=O)N1CCC[C@H]1C1=Nc2ccc(-c3ccc(-c4ccc(-c5cnc(C6CCCC6)[nH]5)s4)c4c3C3CCC4C3)cc2C1. The molecule has 242 valence electrons. The van der Waals surface area contributed by atoms with Crippen LogP contribution in [0.3, 0.4) is 0 Å². The number of hydrogen-bond donors (Lipinski definition) is 1. The minimum absolute atomic E-state index is 0.0201. The number of fused-ring (bicyclic) bond motifs is 6. The molecule has 2 saturated carbocycles. The summed E-state index contributed by atoms with van der Waals surface area (Å²) in [6, 6.07) is 16.3. The Morgan fingerprint density at radius 1 is 0.894 bits per heavy atom. The van der Waals surface area contributed by atoms with Crippen molar-refractivity contribution in [2.75, 3.05) is 6.54 Å². The van der Waals surface area contributed by atoms with E-state index in [4.69, 9.17) is 14.7 Å². The molecule has 3 aliphatic carbocycles. The number of likely N-dealkylation sites (tertiary alicyclic amines) is 1. The molecule has 6 nitrogen and oxygen atoms in total. The summed E-state index contributed by atoms with van der Waals surface area (Å²) in [6.45, 7) is 6.52. The first-order valence-electron chi connectivity index (χ1n) is 17.8. The highest BCUT2D eigenvalue weighted by Crippen LogP contribution is 2.59. The van der Waals surface area contributed by atoms with Gasteiger partial charge in [0.05, 0.1) is 28.5 Å². The molecule has 2 bridgehead atoms. The lowest BCUT2D eigenvalue weighted by Gasteiger charge is -2.28. The van der Waals surface area contributed by atoms with Crippen molar-refractivity contribution in [3.05, 3.63) is 71.2 Å². The number of rotatable bonds is 5. The summed E-state index contributed by atoms with van der Waals surface area (Å²) in [6.07, 6.45) is 13.6. The van der Waals surface area contributed by atoms with Crippen molar-refractivity contribution in [3.8, 4) is 32.1 Å². The van der Waals surface area contributed by atoms with Crippen LogP contribution in [-0.2, 0) is 11.2 Å². The topological polar surface area (TPSA) is 70.6 Å². The van der Waals surface area contributed by atoms with Gasteiger partial charge in [0.2, 0.25) is 0 Å². The normalized spacial score (nSPS) is 23.4. The van der Waals surface area contributed by atoms with Gasteiger partial charge < -0.3 is 9.72 Å². The minimum Gasteiger partial charge on any atom is -0.444 e. The Balaban J connectivity index is 0.993. The number of nitrogens with zero attached hydrogens (tertiary/aromatic N) is 3. The molecule has 2 unspecified atom stereocenters. The molecule has 4 heterocycles. The largest absolute Gasteiger partial charge is 0.444 e. The molecule has 9 rings (SSSR count). The van der Waals surface area contributed by atoms with E-state index in [-0.39, 0.29) is 12.1 Å². The van der Waals surface area contributed by atoms with E-state index in [9.17, 15) is 4.79 Å². The minimum atomic E-state index is -0.501. The second-order valence-electron chi connectivity index (χ2n) is 15.5. The maximum atomic E-state index is 13.0. The van der Waals surface area contributed by atoms with E-state index >= 15 is 0 Å². The van der Waals surface area contributed by atoms with Crippen molar-refractivity contribution >= 4 is 28.8 Å². The third-order valence-electron chi connectivity index (χ3n) is 11.3. The van der Waals surface area contributed by atoms with Crippen LogP contribution in [0.2, 0.25) is 0 Å². The molecule has 5 aliphatic rings. The summed E-state index contributed by atoms with van der Waals surface area (Å²) in [4.78, 5) is 31.1. The van der Waals surface area contributed by atoms with Crippen molar-refractivity contribution in [3.63, 3.8) is 0 Å². The fourth-order valence-corrected chi connectivity index (χ4v) is 10.2. The zero-order valence-corrected chi connectivity index (χ0v) is 28.6. The van der Waals surface area contributed by atoms with Gasteiger partial charge in [0, 0.05) is 29.5 Å². The molecule has 4 aromatic rings. The Bertz CT molecular complexity index is 1900. The molecule has 2 aromatic heterocycles. The van der Waals surface area contributed by atoms with Gasteiger partial charge in [-0.25, -0.2) is 9.78 Å². The number of amides is 1. The maximum absolute atomic E-state index is 13.0. The van der Waals surface area contributed by atoms with Crippen molar-refractivity contribution in [1.29, 1.82) is 0 Å². The highest BCUT2D eigenvalue weighted by Gasteiger charge is 2.41. The lowest BCUT2D eigenvalue weighted by Crippen LogP contribution is -2.43. The molecule has 1 N–H and O–H groups in total. The molecule has 1 saturated heterocycles. The van der Waals surface area contributed by atoms with E-state index in [1.807, 2.05) is 43.2 Å². The number of aromatic amines is 1. The molecule has 47 heavy (non-hydrogen) atoms. The number of nitrogens with one attached hydrogen (secondary N) is 1. The van der Waals surface area contributed by atoms with Crippen LogP contribution in [0.4, 0.5) is 10.5 Å². The summed E-state index contributed by atoms with van der Waals surface area (Å²) in [5.41, 5.74) is 11.4. The van der Waals surface area contributed by atoms with Crippen LogP contribution in [0.5, 0.6) is 0 Å². The molecule has 7 heteroatoms. The number of imidazole rings is 1. The number of carbonyl (C=O) groups excluding carboxylic acids is 1. The van der Waals surface area contributed by atoms with Crippen LogP contribution >= 0.6 is 11.3 Å². The molecular formula is C40H44N4O2S. The van der Waals surface area contributed by atoms with E-state index in [1.165, 1.54) is 82.8 Å². The van der Waals surface area contributed by atoms with Gasteiger partial charge in [-0.2, -0.15) is 0 Å². The Labute approximate surface area is 281 Å². The lowest BCUT2D eigenvalue weighted by molar-refractivity contribution is 0.0265. The molecule has 0 spiro atoms. The fraction of sp³-hybridized carbons (Fsp3) is 0.475. The van der Waals surface area contributed by atoms with Gasteiger partial charge in [-0.3, -0.25) is 9.89 Å². The van der Waals surface area contributed by atoms with Gasteiger partial charge in [0.25, 0.3) is 0 Å². The van der Waals surface area contributed by atoms with Crippen molar-refractivity contribution < 1.29 is 9.53 Å². The number of benzene rings is 2. The van der Waals surface area contributed by atoms with Crippen LogP contribution in [0.25, 0.3) is 32.1 Å². The Hall–Kier alpha value is -3.71. The van der Waals surface area contributed by atoms with Gasteiger partial charge in [-0.15, -0.1) is 11.3 Å². The monoisotopic (exact) mass is 644 g/mol. The first kappa shape index (κ1) is 29.4. The van der Waals surface area contributed by atoms with Gasteiger partial charge >= 0.3 is 6.09 Å². The molecular weight excluding hydrogens is 601 g/mol.